The molecule has 0 rings (SSSR count). The molecular weight excluding hydrogens is 182 g/mol. The molecule has 1 heteroatoms. The first-order valence-corrected chi connectivity index (χ1v) is 6.71. The van der Waals surface area contributed by atoms with Gasteiger partial charge in [0.05, 0.1) is 0 Å². The van der Waals surface area contributed by atoms with Gasteiger partial charge in [-0.2, -0.15) is 0 Å². The van der Waals surface area contributed by atoms with E-state index in [1.165, 1.54) is 25.7 Å². The summed E-state index contributed by atoms with van der Waals surface area (Å²) in [6, 6.07) is 1.33. The highest BCUT2D eigenvalue weighted by molar-refractivity contribution is 4.71. The van der Waals surface area contributed by atoms with E-state index in [4.69, 9.17) is 0 Å². The molecule has 0 heterocycles. The second-order valence-corrected chi connectivity index (χ2v) is 5.74. The fourth-order valence-corrected chi connectivity index (χ4v) is 2.05. The van der Waals surface area contributed by atoms with Gasteiger partial charge in [-0.3, -0.25) is 0 Å². The highest BCUT2D eigenvalue weighted by atomic mass is 14.9. The lowest BCUT2D eigenvalue weighted by molar-refractivity contribution is 0.341. The minimum absolute atomic E-state index is 0.618. The third-order valence-corrected chi connectivity index (χ3v) is 2.99. The first kappa shape index (κ1) is 15.0. The molecule has 0 radical (unpaired) electrons. The molecule has 0 fully saturated rings. The summed E-state index contributed by atoms with van der Waals surface area (Å²) < 4.78 is 0. The Hall–Kier alpha value is -0.0400. The van der Waals surface area contributed by atoms with Crippen LogP contribution in [0.4, 0.5) is 0 Å². The smallest absolute Gasteiger partial charge is 0.00693 e. The molecule has 0 aromatic rings. The Morgan fingerprint density at radius 3 is 1.93 bits per heavy atom. The molecule has 92 valence electrons. The van der Waals surface area contributed by atoms with Crippen LogP contribution in [0.25, 0.3) is 0 Å². The van der Waals surface area contributed by atoms with Crippen molar-refractivity contribution in [3.05, 3.63) is 0 Å². The van der Waals surface area contributed by atoms with E-state index in [0.717, 1.165) is 11.8 Å². The molecule has 0 bridgehead atoms. The van der Waals surface area contributed by atoms with Crippen LogP contribution >= 0.6 is 0 Å². The molecule has 2 unspecified atom stereocenters. The van der Waals surface area contributed by atoms with Crippen molar-refractivity contribution in [3.8, 4) is 0 Å². The van der Waals surface area contributed by atoms with Crippen molar-refractivity contribution >= 4 is 0 Å². The molecule has 0 aliphatic heterocycles. The topological polar surface area (TPSA) is 12.0 Å². The largest absolute Gasteiger partial charge is 0.312 e. The van der Waals surface area contributed by atoms with Crippen LogP contribution in [0.15, 0.2) is 0 Å². The minimum atomic E-state index is 0.618. The van der Waals surface area contributed by atoms with Crippen LogP contribution in [-0.2, 0) is 0 Å². The zero-order valence-electron chi connectivity index (χ0n) is 11.6. The maximum atomic E-state index is 3.65. The molecule has 2 atom stereocenters. The summed E-state index contributed by atoms with van der Waals surface area (Å²) >= 11 is 0. The highest BCUT2D eigenvalue weighted by Gasteiger charge is 2.12. The number of nitrogens with one attached hydrogen (secondary N) is 1. The maximum absolute atomic E-state index is 3.65. The van der Waals surface area contributed by atoms with E-state index < -0.39 is 0 Å². The third kappa shape index (κ3) is 8.92. The Bertz CT molecular complexity index is 140. The van der Waals surface area contributed by atoms with Gasteiger partial charge in [0.25, 0.3) is 0 Å². The van der Waals surface area contributed by atoms with Gasteiger partial charge in [0.15, 0.2) is 0 Å². The molecule has 0 aromatic carbocycles. The fraction of sp³-hybridized carbons (Fsp3) is 1.00. The number of rotatable bonds is 8. The summed E-state index contributed by atoms with van der Waals surface area (Å²) in [5, 5.41) is 3.65. The van der Waals surface area contributed by atoms with Gasteiger partial charge in [-0.25, -0.2) is 0 Å². The molecule has 0 saturated carbocycles. The summed E-state index contributed by atoms with van der Waals surface area (Å²) in [5.41, 5.74) is 0. The average molecular weight is 213 g/mol. The zero-order chi connectivity index (χ0) is 11.8. The summed E-state index contributed by atoms with van der Waals surface area (Å²) in [7, 11) is 0. The van der Waals surface area contributed by atoms with E-state index in [9.17, 15) is 0 Å². The Morgan fingerprint density at radius 2 is 1.53 bits per heavy atom. The first-order valence-electron chi connectivity index (χ1n) is 6.71. The minimum Gasteiger partial charge on any atom is -0.312 e. The molecule has 0 spiro atoms. The van der Waals surface area contributed by atoms with E-state index in [1.54, 1.807) is 0 Å². The fourth-order valence-electron chi connectivity index (χ4n) is 2.05. The summed E-state index contributed by atoms with van der Waals surface area (Å²) in [4.78, 5) is 0. The molecule has 15 heavy (non-hydrogen) atoms. The Morgan fingerprint density at radius 1 is 0.933 bits per heavy atom. The van der Waals surface area contributed by atoms with Gasteiger partial charge in [-0.1, -0.05) is 54.4 Å². The monoisotopic (exact) mass is 213 g/mol. The summed E-state index contributed by atoms with van der Waals surface area (Å²) in [6.45, 7) is 13.8. The summed E-state index contributed by atoms with van der Waals surface area (Å²) in [5.74, 6) is 1.72. The SMILES string of the molecule is CCC(CC(C)CCC(C)C)NC(C)C. The predicted octanol–water partition coefficient (Wildman–Crippen LogP) is 4.23. The summed E-state index contributed by atoms with van der Waals surface area (Å²) in [6.07, 6.45) is 5.35. The van der Waals surface area contributed by atoms with Crippen molar-refractivity contribution in [2.75, 3.05) is 0 Å². The normalized spacial score (nSPS) is 16.0. The van der Waals surface area contributed by atoms with Gasteiger partial charge >= 0.3 is 0 Å². The van der Waals surface area contributed by atoms with Crippen LogP contribution in [0.1, 0.15) is 67.2 Å². The third-order valence-electron chi connectivity index (χ3n) is 2.99. The van der Waals surface area contributed by atoms with Gasteiger partial charge in [-0.15, -0.1) is 0 Å². The van der Waals surface area contributed by atoms with Crippen molar-refractivity contribution in [2.24, 2.45) is 11.8 Å². The van der Waals surface area contributed by atoms with Crippen LogP contribution in [0.5, 0.6) is 0 Å². The highest BCUT2D eigenvalue weighted by Crippen LogP contribution is 2.17. The molecule has 1 N–H and O–H groups in total. The van der Waals surface area contributed by atoms with E-state index in [-0.39, 0.29) is 0 Å². The van der Waals surface area contributed by atoms with Crippen LogP contribution in [0, 0.1) is 11.8 Å². The number of hydrogen-bond acceptors (Lipinski definition) is 1. The maximum Gasteiger partial charge on any atom is 0.00693 e. The first-order chi connectivity index (χ1) is 6.95. The van der Waals surface area contributed by atoms with Crippen molar-refractivity contribution in [2.45, 2.75) is 79.3 Å². The average Bonchev–Trinajstić information content (AvgIpc) is 2.13. The lowest BCUT2D eigenvalue weighted by Crippen LogP contribution is -2.35. The molecule has 0 amide bonds. The van der Waals surface area contributed by atoms with Crippen molar-refractivity contribution in [1.29, 1.82) is 0 Å². The van der Waals surface area contributed by atoms with E-state index >= 15 is 0 Å². The van der Waals surface area contributed by atoms with E-state index in [1.807, 2.05) is 0 Å². The molecule has 0 aliphatic rings. The van der Waals surface area contributed by atoms with Gasteiger partial charge in [0, 0.05) is 12.1 Å². The lowest BCUT2D eigenvalue weighted by Gasteiger charge is -2.23. The Kier molecular flexibility index (Phi) is 8.13. The van der Waals surface area contributed by atoms with Crippen molar-refractivity contribution < 1.29 is 0 Å². The van der Waals surface area contributed by atoms with Crippen LogP contribution in [-0.4, -0.2) is 12.1 Å². The Labute approximate surface area is 97.0 Å². The second-order valence-electron chi connectivity index (χ2n) is 5.74. The van der Waals surface area contributed by atoms with E-state index in [2.05, 4.69) is 46.9 Å². The second kappa shape index (κ2) is 8.15. The Balaban J connectivity index is 3.74. The van der Waals surface area contributed by atoms with Crippen LogP contribution in [0.3, 0.4) is 0 Å². The van der Waals surface area contributed by atoms with Gasteiger partial charge < -0.3 is 5.32 Å². The standard InChI is InChI=1S/C14H31N/c1-7-14(15-12(4)5)10-13(6)9-8-11(2)3/h11-15H,7-10H2,1-6H3. The predicted molar refractivity (Wildman–Crippen MR) is 70.2 cm³/mol. The van der Waals surface area contributed by atoms with Crippen molar-refractivity contribution in [3.63, 3.8) is 0 Å². The number of hydrogen-bond donors (Lipinski definition) is 1. The van der Waals surface area contributed by atoms with Crippen LogP contribution < -0.4 is 5.32 Å². The molecule has 0 aliphatic carbocycles. The van der Waals surface area contributed by atoms with E-state index in [0.29, 0.717) is 12.1 Å². The molecular formula is C14H31N. The van der Waals surface area contributed by atoms with Crippen molar-refractivity contribution in [1.82, 2.24) is 5.32 Å². The molecule has 0 saturated heterocycles. The lowest BCUT2D eigenvalue weighted by atomic mass is 9.92. The van der Waals surface area contributed by atoms with Gasteiger partial charge in [0.1, 0.15) is 0 Å². The van der Waals surface area contributed by atoms with Crippen LogP contribution in [0.2, 0.25) is 0 Å². The molecule has 1 nitrogen and oxygen atoms in total. The quantitative estimate of drug-likeness (QED) is 0.636. The zero-order valence-corrected chi connectivity index (χ0v) is 11.6. The van der Waals surface area contributed by atoms with Gasteiger partial charge in [0.2, 0.25) is 0 Å². The molecule has 0 aromatic heterocycles. The van der Waals surface area contributed by atoms with Gasteiger partial charge in [-0.05, 0) is 24.7 Å².